The van der Waals surface area contributed by atoms with Gasteiger partial charge in [-0.2, -0.15) is 0 Å². The Morgan fingerprint density at radius 2 is 1.59 bits per heavy atom. The first-order valence-electron chi connectivity index (χ1n) is 9.50. The summed E-state index contributed by atoms with van der Waals surface area (Å²) in [5.41, 5.74) is 3.18. The van der Waals surface area contributed by atoms with E-state index in [1.165, 1.54) is 0 Å². The van der Waals surface area contributed by atoms with Crippen molar-refractivity contribution < 1.29 is 0 Å². The maximum atomic E-state index is 13.5. The molecule has 0 bridgehead atoms. The molecule has 3 nitrogen and oxygen atoms in total. The molecule has 0 atom stereocenters. The van der Waals surface area contributed by atoms with Gasteiger partial charge in [0, 0.05) is 21.7 Å². The van der Waals surface area contributed by atoms with Crippen LogP contribution in [0.25, 0.3) is 44.5 Å². The molecule has 29 heavy (non-hydrogen) atoms. The predicted octanol–water partition coefficient (Wildman–Crippen LogP) is 5.86. The molecule has 0 fully saturated rings. The standard InChI is InChI=1S/C26H18N2O/c1-2-3-4-8-17-22-24(19-11-6-5-7-12-19)27-25-20-15-9-13-18-14-10-16-21(23(18)20)26(29)28(22)25/h2-17H,1H2/b4-3-,17-8+. The highest BCUT2D eigenvalue weighted by molar-refractivity contribution is 6.14. The van der Waals surface area contributed by atoms with Crippen LogP contribution in [-0.4, -0.2) is 9.38 Å². The molecule has 5 aromatic rings. The SMILES string of the molecule is C=C/C=C\C=C\c1c(-c2ccccc2)nc2c3cccc4cccc(c(=O)n12)c43. The van der Waals surface area contributed by atoms with Gasteiger partial charge < -0.3 is 0 Å². The van der Waals surface area contributed by atoms with Crippen molar-refractivity contribution >= 4 is 33.3 Å². The highest BCUT2D eigenvalue weighted by Gasteiger charge is 2.19. The lowest BCUT2D eigenvalue weighted by molar-refractivity contribution is 1.13. The molecule has 0 aliphatic rings. The van der Waals surface area contributed by atoms with Gasteiger partial charge >= 0.3 is 0 Å². The van der Waals surface area contributed by atoms with E-state index in [1.807, 2.05) is 91.0 Å². The van der Waals surface area contributed by atoms with Crippen molar-refractivity contribution in [1.29, 1.82) is 0 Å². The minimum atomic E-state index is -0.0497. The van der Waals surface area contributed by atoms with Gasteiger partial charge in [-0.15, -0.1) is 0 Å². The van der Waals surface area contributed by atoms with E-state index in [2.05, 4.69) is 6.58 Å². The van der Waals surface area contributed by atoms with Crippen LogP contribution in [0.2, 0.25) is 0 Å². The third kappa shape index (κ3) is 2.67. The lowest BCUT2D eigenvalue weighted by atomic mass is 10.0. The molecule has 2 heterocycles. The van der Waals surface area contributed by atoms with Crippen LogP contribution in [0, 0.1) is 0 Å². The van der Waals surface area contributed by atoms with Crippen molar-refractivity contribution in [2.75, 3.05) is 0 Å². The fourth-order valence-corrected chi connectivity index (χ4v) is 3.90. The number of benzene rings is 3. The van der Waals surface area contributed by atoms with Crippen LogP contribution in [0.5, 0.6) is 0 Å². The normalized spacial score (nSPS) is 12.1. The molecule has 0 aliphatic heterocycles. The smallest absolute Gasteiger partial charge is 0.264 e. The van der Waals surface area contributed by atoms with Gasteiger partial charge in [-0.25, -0.2) is 4.98 Å². The molecule has 3 aromatic carbocycles. The summed E-state index contributed by atoms with van der Waals surface area (Å²) in [6, 6.07) is 21.9. The number of imidazole rings is 1. The Hall–Kier alpha value is -3.98. The number of allylic oxidation sites excluding steroid dienone is 4. The van der Waals surface area contributed by atoms with E-state index < -0.39 is 0 Å². The number of hydrogen-bond acceptors (Lipinski definition) is 2. The summed E-state index contributed by atoms with van der Waals surface area (Å²) in [5.74, 6) is 0. The maximum absolute atomic E-state index is 13.5. The first kappa shape index (κ1) is 17.1. The Morgan fingerprint density at radius 3 is 2.34 bits per heavy atom. The van der Waals surface area contributed by atoms with Crippen molar-refractivity contribution in [3.05, 3.63) is 114 Å². The van der Waals surface area contributed by atoms with Crippen LogP contribution in [0.4, 0.5) is 0 Å². The van der Waals surface area contributed by atoms with E-state index >= 15 is 0 Å². The first-order chi connectivity index (χ1) is 14.3. The quantitative estimate of drug-likeness (QED) is 0.369. The average molecular weight is 374 g/mol. The van der Waals surface area contributed by atoms with Gasteiger partial charge in [-0.3, -0.25) is 9.20 Å². The summed E-state index contributed by atoms with van der Waals surface area (Å²) >= 11 is 0. The van der Waals surface area contributed by atoms with Crippen LogP contribution in [0.1, 0.15) is 5.69 Å². The lowest BCUT2D eigenvalue weighted by Crippen LogP contribution is -2.14. The van der Waals surface area contributed by atoms with Crippen molar-refractivity contribution in [3.63, 3.8) is 0 Å². The van der Waals surface area contributed by atoms with Crippen LogP contribution >= 0.6 is 0 Å². The Bertz CT molecular complexity index is 1470. The molecule has 0 saturated heterocycles. The summed E-state index contributed by atoms with van der Waals surface area (Å²) < 4.78 is 1.73. The number of nitrogens with zero attached hydrogens (tertiary/aromatic N) is 2. The molecule has 138 valence electrons. The summed E-state index contributed by atoms with van der Waals surface area (Å²) in [5, 5.41) is 3.71. The highest BCUT2D eigenvalue weighted by atomic mass is 16.1. The summed E-state index contributed by atoms with van der Waals surface area (Å²) in [4.78, 5) is 18.4. The monoisotopic (exact) mass is 374 g/mol. The molecule has 2 aromatic heterocycles. The Balaban J connectivity index is 1.96. The second kappa shape index (κ2) is 6.88. The minimum absolute atomic E-state index is 0.0497. The van der Waals surface area contributed by atoms with E-state index in [4.69, 9.17) is 4.98 Å². The van der Waals surface area contributed by atoms with Crippen LogP contribution in [0.3, 0.4) is 0 Å². The number of hydrogen-bond donors (Lipinski definition) is 0. The van der Waals surface area contributed by atoms with Crippen molar-refractivity contribution in [2.45, 2.75) is 0 Å². The van der Waals surface area contributed by atoms with Gasteiger partial charge in [-0.05, 0) is 17.5 Å². The van der Waals surface area contributed by atoms with Gasteiger partial charge in [0.25, 0.3) is 5.56 Å². The third-order valence-corrected chi connectivity index (χ3v) is 5.15. The molecule has 5 rings (SSSR count). The largest absolute Gasteiger partial charge is 0.268 e. The van der Waals surface area contributed by atoms with Crippen LogP contribution in [-0.2, 0) is 0 Å². The van der Waals surface area contributed by atoms with E-state index in [0.717, 1.165) is 33.1 Å². The van der Waals surface area contributed by atoms with Gasteiger partial charge in [0.15, 0.2) is 0 Å². The zero-order valence-electron chi connectivity index (χ0n) is 15.7. The third-order valence-electron chi connectivity index (χ3n) is 5.15. The van der Waals surface area contributed by atoms with Crippen LogP contribution in [0.15, 0.2) is 102 Å². The fourth-order valence-electron chi connectivity index (χ4n) is 3.90. The van der Waals surface area contributed by atoms with E-state index in [1.54, 1.807) is 10.5 Å². The van der Waals surface area contributed by atoms with Gasteiger partial charge in [0.2, 0.25) is 0 Å². The molecule has 0 unspecified atom stereocenters. The highest BCUT2D eigenvalue weighted by Crippen LogP contribution is 2.31. The van der Waals surface area contributed by atoms with E-state index in [9.17, 15) is 4.79 Å². The molecule has 0 N–H and O–H groups in total. The first-order valence-corrected chi connectivity index (χ1v) is 9.50. The summed E-state index contributed by atoms with van der Waals surface area (Å²) in [7, 11) is 0. The number of rotatable bonds is 4. The zero-order valence-corrected chi connectivity index (χ0v) is 15.7. The average Bonchev–Trinajstić information content (AvgIpc) is 3.15. The maximum Gasteiger partial charge on any atom is 0.264 e. The fraction of sp³-hybridized carbons (Fsp3) is 0. The predicted molar refractivity (Wildman–Crippen MR) is 121 cm³/mol. The molecular weight excluding hydrogens is 356 g/mol. The second-order valence-electron chi connectivity index (χ2n) is 6.86. The van der Waals surface area contributed by atoms with Gasteiger partial charge in [-0.1, -0.05) is 91.5 Å². The van der Waals surface area contributed by atoms with Crippen molar-refractivity contribution in [2.24, 2.45) is 0 Å². The molecule has 0 aliphatic carbocycles. The van der Waals surface area contributed by atoms with Crippen molar-refractivity contribution in [3.8, 4) is 11.3 Å². The Morgan fingerprint density at radius 1 is 0.828 bits per heavy atom. The van der Waals surface area contributed by atoms with Gasteiger partial charge in [0.1, 0.15) is 5.65 Å². The summed E-state index contributed by atoms with van der Waals surface area (Å²) in [6.45, 7) is 3.70. The molecular formula is C26H18N2O. The number of aromatic nitrogens is 2. The number of fused-ring (bicyclic) bond motifs is 2. The number of pyridine rings is 1. The molecule has 0 amide bonds. The topological polar surface area (TPSA) is 34.4 Å². The van der Waals surface area contributed by atoms with Crippen LogP contribution < -0.4 is 5.56 Å². The van der Waals surface area contributed by atoms with E-state index in [0.29, 0.717) is 11.0 Å². The molecule has 0 radical (unpaired) electrons. The molecule has 3 heteroatoms. The Labute approximate surface area is 167 Å². The van der Waals surface area contributed by atoms with Gasteiger partial charge in [0.05, 0.1) is 11.4 Å². The van der Waals surface area contributed by atoms with E-state index in [-0.39, 0.29) is 5.56 Å². The lowest BCUT2D eigenvalue weighted by Gasteiger charge is -2.07. The molecule has 0 spiro atoms. The van der Waals surface area contributed by atoms with Crippen molar-refractivity contribution in [1.82, 2.24) is 9.38 Å². The Kier molecular flexibility index (Phi) is 4.07. The molecule has 0 saturated carbocycles. The summed E-state index contributed by atoms with van der Waals surface area (Å²) in [6.07, 6.45) is 9.31. The minimum Gasteiger partial charge on any atom is -0.268 e. The zero-order chi connectivity index (χ0) is 19.8. The second-order valence-corrected chi connectivity index (χ2v) is 6.86.